The molecule has 7 atom stereocenters. The number of hydrogen-bond donors (Lipinski definition) is 1. The van der Waals surface area contributed by atoms with Crippen LogP contribution in [0.1, 0.15) is 80.6 Å². The number of hydrogen-bond acceptors (Lipinski definition) is 6. The van der Waals surface area contributed by atoms with Crippen molar-refractivity contribution in [3.63, 3.8) is 0 Å². The zero-order valence-electron chi connectivity index (χ0n) is 26.0. The SMILES string of the molecule is C=CCCCOC(=O)[C@H]1[C@H]2C(=O)N([C@@H](CO)CC(C)C)C(C(=O)N(CC=C)C(C)(C)CC(C)(C)C)C23CC(Br)[C@@H]1O3. The summed E-state index contributed by atoms with van der Waals surface area (Å²) in [6.07, 6.45) is 5.89. The summed E-state index contributed by atoms with van der Waals surface area (Å²) in [6, 6.07) is -1.58. The summed E-state index contributed by atoms with van der Waals surface area (Å²) >= 11 is 3.72. The van der Waals surface area contributed by atoms with Gasteiger partial charge in [0, 0.05) is 16.9 Å². The lowest BCUT2D eigenvalue weighted by atomic mass is 9.70. The van der Waals surface area contributed by atoms with Crippen LogP contribution in [-0.4, -0.2) is 86.6 Å². The van der Waals surface area contributed by atoms with Crippen molar-refractivity contribution in [1.29, 1.82) is 0 Å². The highest BCUT2D eigenvalue weighted by Crippen LogP contribution is 2.61. The smallest absolute Gasteiger partial charge is 0.312 e. The van der Waals surface area contributed by atoms with E-state index in [0.717, 1.165) is 6.42 Å². The van der Waals surface area contributed by atoms with Crippen LogP contribution in [0.5, 0.6) is 0 Å². The van der Waals surface area contributed by atoms with Crippen molar-refractivity contribution in [2.24, 2.45) is 23.2 Å². The van der Waals surface area contributed by atoms with E-state index < -0.39 is 47.1 Å². The lowest BCUT2D eigenvalue weighted by Crippen LogP contribution is -2.62. The van der Waals surface area contributed by atoms with E-state index >= 15 is 0 Å². The van der Waals surface area contributed by atoms with Crippen LogP contribution in [0.15, 0.2) is 25.3 Å². The number of esters is 1. The van der Waals surface area contributed by atoms with Gasteiger partial charge in [-0.1, -0.05) is 62.7 Å². The molecule has 0 aliphatic carbocycles. The molecular formula is C32H51BrN2O6. The molecule has 3 rings (SSSR count). The van der Waals surface area contributed by atoms with Gasteiger partial charge in [-0.25, -0.2) is 0 Å². The zero-order valence-corrected chi connectivity index (χ0v) is 27.6. The third kappa shape index (κ3) is 6.62. The van der Waals surface area contributed by atoms with Crippen LogP contribution in [0.4, 0.5) is 0 Å². The molecule has 41 heavy (non-hydrogen) atoms. The molecule has 0 aromatic heterocycles. The summed E-state index contributed by atoms with van der Waals surface area (Å²) in [5, 5.41) is 10.5. The number of fused-ring (bicyclic) bond motifs is 1. The highest BCUT2D eigenvalue weighted by atomic mass is 79.9. The molecule has 0 radical (unpaired) electrons. The molecule has 232 valence electrons. The Labute approximate surface area is 255 Å². The normalized spacial score (nSPS) is 30.0. The third-order valence-electron chi connectivity index (χ3n) is 8.65. The second kappa shape index (κ2) is 12.9. The number of carbonyl (C=O) groups is 3. The van der Waals surface area contributed by atoms with Gasteiger partial charge in [-0.2, -0.15) is 0 Å². The predicted molar refractivity (Wildman–Crippen MR) is 163 cm³/mol. The maximum absolute atomic E-state index is 14.9. The number of nitrogens with zero attached hydrogens (tertiary/aromatic N) is 2. The van der Waals surface area contributed by atoms with Gasteiger partial charge in [-0.05, 0) is 57.3 Å². The Morgan fingerprint density at radius 2 is 1.90 bits per heavy atom. The Bertz CT molecular complexity index is 1010. The van der Waals surface area contributed by atoms with Crippen molar-refractivity contribution < 1.29 is 29.0 Å². The number of carbonyl (C=O) groups excluding carboxylic acids is 3. The molecule has 2 amide bonds. The third-order valence-corrected chi connectivity index (χ3v) is 9.49. The highest BCUT2D eigenvalue weighted by molar-refractivity contribution is 9.09. The van der Waals surface area contributed by atoms with E-state index in [2.05, 4.69) is 49.9 Å². The van der Waals surface area contributed by atoms with Crippen LogP contribution < -0.4 is 0 Å². The van der Waals surface area contributed by atoms with Crippen molar-refractivity contribution in [3.8, 4) is 0 Å². The number of allylic oxidation sites excluding steroid dienone is 1. The average Bonchev–Trinajstić information content (AvgIpc) is 3.45. The minimum Gasteiger partial charge on any atom is -0.465 e. The molecule has 3 saturated heterocycles. The minimum atomic E-state index is -1.21. The number of alkyl halides is 1. The number of halogens is 1. The average molecular weight is 640 g/mol. The van der Waals surface area contributed by atoms with Gasteiger partial charge in [0.1, 0.15) is 11.6 Å². The van der Waals surface area contributed by atoms with Crippen molar-refractivity contribution >= 4 is 33.7 Å². The predicted octanol–water partition coefficient (Wildman–Crippen LogP) is 4.88. The molecule has 1 spiro atoms. The quantitative estimate of drug-likeness (QED) is 0.126. The van der Waals surface area contributed by atoms with Gasteiger partial charge in [0.05, 0.1) is 37.2 Å². The number of aliphatic hydroxyl groups is 1. The first-order chi connectivity index (χ1) is 19.1. The highest BCUT2D eigenvalue weighted by Gasteiger charge is 2.77. The van der Waals surface area contributed by atoms with Crippen molar-refractivity contribution in [1.82, 2.24) is 9.80 Å². The number of aliphatic hydroxyl groups excluding tert-OH is 1. The Hall–Kier alpha value is -1.71. The summed E-state index contributed by atoms with van der Waals surface area (Å²) < 4.78 is 12.3. The Balaban J connectivity index is 2.12. The molecule has 3 fully saturated rings. The Kier molecular flexibility index (Phi) is 10.6. The maximum atomic E-state index is 14.9. The van der Waals surface area contributed by atoms with E-state index in [-0.39, 0.29) is 41.2 Å². The van der Waals surface area contributed by atoms with E-state index in [1.54, 1.807) is 22.0 Å². The van der Waals surface area contributed by atoms with E-state index in [4.69, 9.17) is 9.47 Å². The first-order valence-electron chi connectivity index (χ1n) is 15.0. The van der Waals surface area contributed by atoms with Crippen LogP contribution >= 0.6 is 15.9 Å². The van der Waals surface area contributed by atoms with Gasteiger partial charge in [0.15, 0.2) is 0 Å². The van der Waals surface area contributed by atoms with Gasteiger partial charge in [0.25, 0.3) is 0 Å². The van der Waals surface area contributed by atoms with Gasteiger partial charge in [0.2, 0.25) is 11.8 Å². The monoisotopic (exact) mass is 638 g/mol. The molecule has 0 aromatic carbocycles. The molecule has 3 aliphatic heterocycles. The van der Waals surface area contributed by atoms with E-state index in [9.17, 15) is 19.5 Å². The second-order valence-corrected chi connectivity index (χ2v) is 15.4. The summed E-state index contributed by atoms with van der Waals surface area (Å²) in [6.45, 7) is 22.4. The second-order valence-electron chi connectivity index (χ2n) is 14.3. The molecule has 0 saturated carbocycles. The molecule has 0 aromatic rings. The summed E-state index contributed by atoms with van der Waals surface area (Å²) in [4.78, 5) is 45.9. The van der Waals surface area contributed by atoms with Gasteiger partial charge >= 0.3 is 5.97 Å². The molecule has 3 aliphatic rings. The zero-order chi connectivity index (χ0) is 30.9. The van der Waals surface area contributed by atoms with Crippen LogP contribution in [-0.2, 0) is 23.9 Å². The van der Waals surface area contributed by atoms with Crippen LogP contribution in [0.2, 0.25) is 0 Å². The van der Waals surface area contributed by atoms with Crippen LogP contribution in [0, 0.1) is 23.2 Å². The maximum Gasteiger partial charge on any atom is 0.312 e. The number of likely N-dealkylation sites (tertiary alicyclic amines) is 1. The summed E-state index contributed by atoms with van der Waals surface area (Å²) in [5.74, 6) is -2.56. The standard InChI is InChI=1S/C32H51BrN2O6/c1-10-12-13-15-40-29(39)23-24-27(37)35(21(18-36)16-20(3)4)26(32(24)17-22(33)25(23)41-32)28(38)34(14-11-2)31(8,9)19-30(5,6)7/h10-11,20-26,36H,1-2,12-19H2,3-9H3/t21-,22?,23+,24+,25+,26?,32?/m1/s1. The fraction of sp³-hybridized carbons (Fsp3) is 0.781. The minimum absolute atomic E-state index is 0.0653. The Morgan fingerprint density at radius 3 is 2.44 bits per heavy atom. The number of ether oxygens (including phenoxy) is 2. The first kappa shape index (κ1) is 33.8. The molecule has 3 unspecified atom stereocenters. The lowest BCUT2D eigenvalue weighted by molar-refractivity contribution is -0.158. The lowest BCUT2D eigenvalue weighted by Gasteiger charge is -2.46. The molecule has 2 bridgehead atoms. The number of unbranched alkanes of at least 4 members (excludes halogenated alkanes) is 1. The first-order valence-corrected chi connectivity index (χ1v) is 15.9. The number of amides is 2. The summed E-state index contributed by atoms with van der Waals surface area (Å²) in [7, 11) is 0. The topological polar surface area (TPSA) is 96.4 Å². The molecule has 1 N–H and O–H groups in total. The molecule has 9 heteroatoms. The van der Waals surface area contributed by atoms with Gasteiger partial charge in [-0.3, -0.25) is 14.4 Å². The molecule has 8 nitrogen and oxygen atoms in total. The van der Waals surface area contributed by atoms with Gasteiger partial charge in [-0.15, -0.1) is 13.2 Å². The summed E-state index contributed by atoms with van der Waals surface area (Å²) in [5.41, 5.74) is -1.84. The fourth-order valence-corrected chi connectivity index (χ4v) is 8.57. The van der Waals surface area contributed by atoms with Crippen LogP contribution in [0.25, 0.3) is 0 Å². The number of rotatable bonds is 14. The van der Waals surface area contributed by atoms with Crippen molar-refractivity contribution in [2.45, 2.75) is 115 Å². The largest absolute Gasteiger partial charge is 0.465 e. The molecular weight excluding hydrogens is 588 g/mol. The van der Waals surface area contributed by atoms with E-state index in [1.807, 2.05) is 27.7 Å². The van der Waals surface area contributed by atoms with Crippen LogP contribution in [0.3, 0.4) is 0 Å². The molecule has 3 heterocycles. The Morgan fingerprint density at radius 1 is 1.24 bits per heavy atom. The van der Waals surface area contributed by atoms with Crippen molar-refractivity contribution in [2.75, 3.05) is 19.8 Å². The van der Waals surface area contributed by atoms with E-state index in [1.165, 1.54) is 0 Å². The fourth-order valence-electron chi connectivity index (χ4n) is 7.63. The van der Waals surface area contributed by atoms with Crippen molar-refractivity contribution in [3.05, 3.63) is 25.3 Å². The van der Waals surface area contributed by atoms with Gasteiger partial charge < -0.3 is 24.4 Å². The van der Waals surface area contributed by atoms with E-state index in [0.29, 0.717) is 32.2 Å².